The fourth-order valence-electron chi connectivity index (χ4n) is 2.33. The number of anilines is 2. The molecule has 2 heterocycles. The van der Waals surface area contributed by atoms with Crippen molar-refractivity contribution in [3.05, 3.63) is 52.7 Å². The molecule has 7 heteroatoms. The fourth-order valence-corrected chi connectivity index (χ4v) is 3.80. The largest absolute Gasteiger partial charge is 0.326 e. The van der Waals surface area contributed by atoms with Crippen molar-refractivity contribution in [1.29, 1.82) is 0 Å². The summed E-state index contributed by atoms with van der Waals surface area (Å²) in [5.41, 5.74) is 2.11. The minimum atomic E-state index is -0.216. The first-order valence-electron chi connectivity index (χ1n) is 7.91. The molecule has 0 bridgehead atoms. The highest BCUT2D eigenvalue weighted by Crippen LogP contribution is 2.30. The zero-order valence-electron chi connectivity index (χ0n) is 13.2. The minimum absolute atomic E-state index is 0.0566. The Balaban J connectivity index is 1.40. The first-order valence-corrected chi connectivity index (χ1v) is 9.66. The van der Waals surface area contributed by atoms with Crippen LogP contribution < -0.4 is 10.6 Å². The molecule has 4 rings (SSSR count). The summed E-state index contributed by atoms with van der Waals surface area (Å²) in [4.78, 5) is 29.6. The number of hydrogen-bond acceptors (Lipinski definition) is 5. The van der Waals surface area contributed by atoms with Crippen molar-refractivity contribution in [1.82, 2.24) is 4.98 Å². The van der Waals surface area contributed by atoms with E-state index in [1.54, 1.807) is 35.6 Å². The van der Waals surface area contributed by atoms with E-state index in [0.29, 0.717) is 16.4 Å². The second kappa shape index (κ2) is 6.78. The van der Waals surface area contributed by atoms with Crippen LogP contribution in [0.1, 0.15) is 23.2 Å². The number of nitrogens with zero attached hydrogens (tertiary/aromatic N) is 1. The molecule has 0 unspecified atom stereocenters. The molecule has 2 amide bonds. The van der Waals surface area contributed by atoms with E-state index in [2.05, 4.69) is 15.6 Å². The zero-order valence-corrected chi connectivity index (χ0v) is 14.8. The third-order valence-corrected chi connectivity index (χ3v) is 5.51. The zero-order chi connectivity index (χ0) is 17.2. The van der Waals surface area contributed by atoms with Crippen molar-refractivity contribution in [3.8, 4) is 10.6 Å². The number of aromatic nitrogens is 1. The van der Waals surface area contributed by atoms with Crippen molar-refractivity contribution in [2.24, 2.45) is 5.92 Å². The second-order valence-corrected chi connectivity index (χ2v) is 7.62. The van der Waals surface area contributed by atoms with Crippen molar-refractivity contribution in [2.45, 2.75) is 12.8 Å². The summed E-state index contributed by atoms with van der Waals surface area (Å²) in [7, 11) is 0. The number of hydrogen-bond donors (Lipinski definition) is 2. The maximum absolute atomic E-state index is 12.3. The van der Waals surface area contributed by atoms with Crippen LogP contribution in [-0.4, -0.2) is 16.8 Å². The van der Waals surface area contributed by atoms with Crippen LogP contribution >= 0.6 is 22.7 Å². The molecule has 2 aromatic heterocycles. The van der Waals surface area contributed by atoms with Gasteiger partial charge in [-0.05, 0) is 48.6 Å². The van der Waals surface area contributed by atoms with Crippen LogP contribution in [0.3, 0.4) is 0 Å². The average molecular weight is 369 g/mol. The summed E-state index contributed by atoms with van der Waals surface area (Å²) in [5, 5.41) is 10.2. The van der Waals surface area contributed by atoms with Crippen molar-refractivity contribution < 1.29 is 9.59 Å². The first-order chi connectivity index (χ1) is 12.2. The molecule has 0 saturated heterocycles. The highest BCUT2D eigenvalue weighted by Gasteiger charge is 2.29. The molecule has 1 aliphatic carbocycles. The number of carbonyl (C=O) groups is 2. The molecular weight excluding hydrogens is 354 g/mol. The monoisotopic (exact) mass is 369 g/mol. The van der Waals surface area contributed by atoms with Gasteiger partial charge < -0.3 is 5.32 Å². The van der Waals surface area contributed by atoms with Gasteiger partial charge in [0.05, 0.1) is 10.6 Å². The molecule has 0 radical (unpaired) electrons. The van der Waals surface area contributed by atoms with Gasteiger partial charge in [0, 0.05) is 22.5 Å². The molecular formula is C18H15N3O2S2. The summed E-state index contributed by atoms with van der Waals surface area (Å²) < 4.78 is 0. The van der Waals surface area contributed by atoms with Crippen LogP contribution in [0.15, 0.2) is 47.2 Å². The molecule has 0 atom stereocenters. The second-order valence-electron chi connectivity index (χ2n) is 5.81. The lowest BCUT2D eigenvalue weighted by atomic mass is 10.2. The predicted molar refractivity (Wildman–Crippen MR) is 101 cm³/mol. The Labute approximate surface area is 152 Å². The van der Waals surface area contributed by atoms with Crippen LogP contribution in [0.4, 0.5) is 10.8 Å². The Hall–Kier alpha value is -2.51. The smallest absolute Gasteiger partial charge is 0.257 e. The van der Waals surface area contributed by atoms with Gasteiger partial charge in [-0.1, -0.05) is 6.07 Å². The van der Waals surface area contributed by atoms with Gasteiger partial charge in [0.25, 0.3) is 5.91 Å². The standard InChI is InChI=1S/C18H15N3O2S2/c22-16(11-3-4-11)19-13-7-5-12(6-8-13)17(23)21-18-20-14(10-25-18)15-2-1-9-24-15/h1-2,5-11H,3-4H2,(H,19,22)(H,20,21,23). The minimum Gasteiger partial charge on any atom is -0.326 e. The van der Waals surface area contributed by atoms with Crippen LogP contribution in [0.5, 0.6) is 0 Å². The van der Waals surface area contributed by atoms with Crippen molar-refractivity contribution in [2.75, 3.05) is 10.6 Å². The Morgan fingerprint density at radius 1 is 1.04 bits per heavy atom. The number of nitrogens with one attached hydrogen (secondary N) is 2. The molecule has 1 fully saturated rings. The molecule has 126 valence electrons. The van der Waals surface area contributed by atoms with E-state index in [1.165, 1.54) is 11.3 Å². The molecule has 5 nitrogen and oxygen atoms in total. The summed E-state index contributed by atoms with van der Waals surface area (Å²) in [6.07, 6.45) is 1.93. The van der Waals surface area contributed by atoms with E-state index in [9.17, 15) is 9.59 Å². The molecule has 2 N–H and O–H groups in total. The molecule has 1 saturated carbocycles. The van der Waals surface area contributed by atoms with Gasteiger partial charge in [0.1, 0.15) is 0 Å². The Kier molecular flexibility index (Phi) is 4.33. The van der Waals surface area contributed by atoms with Gasteiger partial charge in [-0.2, -0.15) is 0 Å². The van der Waals surface area contributed by atoms with E-state index in [4.69, 9.17) is 0 Å². The highest BCUT2D eigenvalue weighted by atomic mass is 32.1. The summed E-state index contributed by atoms with van der Waals surface area (Å²) in [6.45, 7) is 0. The molecule has 1 aliphatic rings. The van der Waals surface area contributed by atoms with E-state index in [1.807, 2.05) is 22.9 Å². The Bertz CT molecular complexity index is 897. The average Bonchev–Trinajstić information content (AvgIpc) is 3.13. The Morgan fingerprint density at radius 3 is 2.52 bits per heavy atom. The molecule has 1 aromatic carbocycles. The first kappa shape index (κ1) is 16.0. The molecule has 25 heavy (non-hydrogen) atoms. The lowest BCUT2D eigenvalue weighted by Gasteiger charge is -2.06. The van der Waals surface area contributed by atoms with E-state index in [0.717, 1.165) is 23.4 Å². The maximum atomic E-state index is 12.3. The van der Waals surface area contributed by atoms with Gasteiger partial charge in [-0.3, -0.25) is 14.9 Å². The van der Waals surface area contributed by atoms with E-state index >= 15 is 0 Å². The van der Waals surface area contributed by atoms with Crippen LogP contribution in [-0.2, 0) is 4.79 Å². The van der Waals surface area contributed by atoms with Gasteiger partial charge in [-0.15, -0.1) is 22.7 Å². The summed E-state index contributed by atoms with van der Waals surface area (Å²) in [5.74, 6) is -0.00124. The molecule has 3 aromatic rings. The number of thiophene rings is 1. The number of carbonyl (C=O) groups excluding carboxylic acids is 2. The van der Waals surface area contributed by atoms with Gasteiger partial charge >= 0.3 is 0 Å². The molecule has 0 aliphatic heterocycles. The highest BCUT2D eigenvalue weighted by molar-refractivity contribution is 7.16. The van der Waals surface area contributed by atoms with Gasteiger partial charge in [0.2, 0.25) is 5.91 Å². The normalized spacial score (nSPS) is 13.4. The van der Waals surface area contributed by atoms with Crippen molar-refractivity contribution >= 4 is 45.3 Å². The van der Waals surface area contributed by atoms with E-state index < -0.39 is 0 Å². The maximum Gasteiger partial charge on any atom is 0.257 e. The van der Waals surface area contributed by atoms with Crippen LogP contribution in [0, 0.1) is 5.92 Å². The SMILES string of the molecule is O=C(Nc1nc(-c2cccs2)cs1)c1ccc(NC(=O)C2CC2)cc1. The number of thiazole rings is 1. The summed E-state index contributed by atoms with van der Waals surface area (Å²) in [6, 6.07) is 10.9. The number of amides is 2. The van der Waals surface area contributed by atoms with Gasteiger partial charge in [-0.25, -0.2) is 4.98 Å². The van der Waals surface area contributed by atoms with Crippen molar-refractivity contribution in [3.63, 3.8) is 0 Å². The quantitative estimate of drug-likeness (QED) is 0.697. The Morgan fingerprint density at radius 2 is 1.84 bits per heavy atom. The third-order valence-electron chi connectivity index (χ3n) is 3.86. The third kappa shape index (κ3) is 3.78. The van der Waals surface area contributed by atoms with Crippen LogP contribution in [0.2, 0.25) is 0 Å². The predicted octanol–water partition coefficient (Wildman–Crippen LogP) is 4.47. The van der Waals surface area contributed by atoms with E-state index in [-0.39, 0.29) is 17.7 Å². The molecule has 0 spiro atoms. The lowest BCUT2D eigenvalue weighted by Crippen LogP contribution is -2.14. The van der Waals surface area contributed by atoms with Gasteiger partial charge in [0.15, 0.2) is 5.13 Å². The fraction of sp³-hybridized carbons (Fsp3) is 0.167. The topological polar surface area (TPSA) is 71.1 Å². The number of rotatable bonds is 5. The number of benzene rings is 1. The summed E-state index contributed by atoms with van der Waals surface area (Å²) >= 11 is 3.01. The van der Waals surface area contributed by atoms with Crippen LogP contribution in [0.25, 0.3) is 10.6 Å². The lowest BCUT2D eigenvalue weighted by molar-refractivity contribution is -0.117.